The molecule has 1 aromatic carbocycles. The smallest absolute Gasteiger partial charge is 0.261 e. The van der Waals surface area contributed by atoms with Crippen molar-refractivity contribution in [3.63, 3.8) is 0 Å². The van der Waals surface area contributed by atoms with Crippen molar-refractivity contribution in [2.24, 2.45) is 0 Å². The van der Waals surface area contributed by atoms with Gasteiger partial charge < -0.3 is 5.32 Å². The Morgan fingerprint density at radius 1 is 1.19 bits per heavy atom. The normalized spacial score (nSPS) is 16.4. The maximum absolute atomic E-state index is 12.5. The quantitative estimate of drug-likeness (QED) is 0.759. The van der Waals surface area contributed by atoms with E-state index in [9.17, 15) is 13.2 Å². The molecule has 5 nitrogen and oxygen atoms in total. The molecule has 1 aliphatic rings. The van der Waals surface area contributed by atoms with Gasteiger partial charge in [0.2, 0.25) is 10.0 Å². The molecule has 146 valence electrons. The van der Waals surface area contributed by atoms with Crippen LogP contribution in [-0.2, 0) is 10.0 Å². The number of halogens is 1. The van der Waals surface area contributed by atoms with Crippen LogP contribution in [0.25, 0.3) is 10.4 Å². The maximum atomic E-state index is 12.5. The third kappa shape index (κ3) is 5.10. The molecule has 1 aliphatic heterocycles. The number of sulfonamides is 1. The molecule has 0 saturated carbocycles. The van der Waals surface area contributed by atoms with Crippen molar-refractivity contribution in [3.8, 4) is 10.4 Å². The van der Waals surface area contributed by atoms with Crippen LogP contribution >= 0.6 is 22.9 Å². The van der Waals surface area contributed by atoms with Crippen molar-refractivity contribution >= 4 is 38.9 Å². The molecule has 1 aromatic heterocycles. The minimum Gasteiger partial charge on any atom is -0.349 e. The van der Waals surface area contributed by atoms with Gasteiger partial charge in [-0.1, -0.05) is 30.7 Å². The minimum absolute atomic E-state index is 0.00617. The van der Waals surface area contributed by atoms with Gasteiger partial charge in [-0.3, -0.25) is 4.79 Å². The van der Waals surface area contributed by atoms with E-state index in [-0.39, 0.29) is 17.7 Å². The first-order valence-electron chi connectivity index (χ1n) is 9.03. The SMILES string of the molecule is CCCS(=O)(=O)N1CCC(NC(=O)c2ccc(-c3ccc(Cl)cc3)s2)CC1. The van der Waals surface area contributed by atoms with Gasteiger partial charge in [0.25, 0.3) is 5.91 Å². The number of hydrogen-bond acceptors (Lipinski definition) is 4. The van der Waals surface area contributed by atoms with E-state index in [1.807, 2.05) is 43.3 Å². The maximum Gasteiger partial charge on any atom is 0.261 e. The van der Waals surface area contributed by atoms with Gasteiger partial charge in [-0.15, -0.1) is 11.3 Å². The Labute approximate surface area is 169 Å². The summed E-state index contributed by atoms with van der Waals surface area (Å²) in [5, 5.41) is 3.72. The number of piperidine rings is 1. The Morgan fingerprint density at radius 3 is 2.48 bits per heavy atom. The summed E-state index contributed by atoms with van der Waals surface area (Å²) in [7, 11) is -3.15. The lowest BCUT2D eigenvalue weighted by Crippen LogP contribution is -2.46. The predicted molar refractivity (Wildman–Crippen MR) is 111 cm³/mol. The number of rotatable bonds is 6. The molecule has 3 rings (SSSR count). The van der Waals surface area contributed by atoms with E-state index in [1.165, 1.54) is 11.3 Å². The Morgan fingerprint density at radius 2 is 1.85 bits per heavy atom. The van der Waals surface area contributed by atoms with Gasteiger partial charge >= 0.3 is 0 Å². The third-order valence-electron chi connectivity index (χ3n) is 4.60. The van der Waals surface area contributed by atoms with Crippen molar-refractivity contribution in [1.29, 1.82) is 0 Å². The van der Waals surface area contributed by atoms with Crippen LogP contribution in [-0.4, -0.2) is 43.5 Å². The molecule has 1 fully saturated rings. The molecule has 0 unspecified atom stereocenters. The Kier molecular flexibility index (Phi) is 6.57. The summed E-state index contributed by atoms with van der Waals surface area (Å²) in [4.78, 5) is 14.2. The van der Waals surface area contributed by atoms with Gasteiger partial charge in [-0.25, -0.2) is 12.7 Å². The van der Waals surface area contributed by atoms with Crippen molar-refractivity contribution in [2.75, 3.05) is 18.8 Å². The largest absolute Gasteiger partial charge is 0.349 e. The van der Waals surface area contributed by atoms with Crippen LogP contribution < -0.4 is 5.32 Å². The fraction of sp³-hybridized carbons (Fsp3) is 0.421. The van der Waals surface area contributed by atoms with Crippen LogP contribution in [0.15, 0.2) is 36.4 Å². The molecule has 1 amide bonds. The van der Waals surface area contributed by atoms with Gasteiger partial charge in [0.05, 0.1) is 10.6 Å². The number of nitrogens with one attached hydrogen (secondary N) is 1. The first-order valence-corrected chi connectivity index (χ1v) is 11.8. The van der Waals surface area contributed by atoms with Crippen molar-refractivity contribution in [2.45, 2.75) is 32.2 Å². The highest BCUT2D eigenvalue weighted by Gasteiger charge is 2.28. The highest BCUT2D eigenvalue weighted by atomic mass is 35.5. The fourth-order valence-corrected chi connectivity index (χ4v) is 5.73. The van der Waals surface area contributed by atoms with Crippen LogP contribution in [0.5, 0.6) is 0 Å². The zero-order valence-electron chi connectivity index (χ0n) is 15.2. The molecule has 0 aliphatic carbocycles. The lowest BCUT2D eigenvalue weighted by Gasteiger charge is -2.31. The first-order chi connectivity index (χ1) is 12.9. The van der Waals surface area contributed by atoms with Crippen LogP contribution in [0, 0.1) is 0 Å². The summed E-state index contributed by atoms with van der Waals surface area (Å²) in [6.45, 7) is 2.80. The van der Waals surface area contributed by atoms with Gasteiger partial charge in [-0.2, -0.15) is 0 Å². The number of thiophene rings is 1. The summed E-state index contributed by atoms with van der Waals surface area (Å²) >= 11 is 7.36. The van der Waals surface area contributed by atoms with Crippen LogP contribution in [0.2, 0.25) is 5.02 Å². The monoisotopic (exact) mass is 426 g/mol. The Balaban J connectivity index is 1.57. The molecule has 2 heterocycles. The summed E-state index contributed by atoms with van der Waals surface area (Å²) in [5.41, 5.74) is 1.03. The molecule has 0 radical (unpaired) electrons. The molecule has 1 N–H and O–H groups in total. The molecular formula is C19H23ClN2O3S2. The average Bonchev–Trinajstić information content (AvgIpc) is 3.13. The lowest BCUT2D eigenvalue weighted by molar-refractivity contribution is 0.0928. The molecule has 2 aromatic rings. The van der Waals surface area contributed by atoms with Crippen LogP contribution in [0.4, 0.5) is 0 Å². The van der Waals surface area contributed by atoms with E-state index in [2.05, 4.69) is 5.32 Å². The van der Waals surface area contributed by atoms with Crippen LogP contribution in [0.1, 0.15) is 35.9 Å². The topological polar surface area (TPSA) is 66.5 Å². The van der Waals surface area contributed by atoms with Crippen molar-refractivity contribution in [1.82, 2.24) is 9.62 Å². The van der Waals surface area contributed by atoms with Gasteiger partial charge in [0.15, 0.2) is 0 Å². The summed E-state index contributed by atoms with van der Waals surface area (Å²) in [6.07, 6.45) is 1.90. The number of benzene rings is 1. The molecule has 0 spiro atoms. The number of carbonyl (C=O) groups is 1. The van der Waals surface area contributed by atoms with E-state index < -0.39 is 10.0 Å². The predicted octanol–water partition coefficient (Wildman–Crippen LogP) is 4.00. The highest BCUT2D eigenvalue weighted by Crippen LogP contribution is 2.29. The summed E-state index contributed by atoms with van der Waals surface area (Å²) < 4.78 is 25.8. The zero-order chi connectivity index (χ0) is 19.4. The van der Waals surface area contributed by atoms with E-state index in [4.69, 9.17) is 11.6 Å². The van der Waals surface area contributed by atoms with Gasteiger partial charge in [0.1, 0.15) is 0 Å². The zero-order valence-corrected chi connectivity index (χ0v) is 17.5. The number of nitrogens with zero attached hydrogens (tertiary/aromatic N) is 1. The van der Waals surface area contributed by atoms with Gasteiger partial charge in [0, 0.05) is 29.0 Å². The summed E-state index contributed by atoms with van der Waals surface area (Å²) in [5.74, 6) is 0.0854. The van der Waals surface area contributed by atoms with Crippen LogP contribution in [0.3, 0.4) is 0 Å². The second-order valence-electron chi connectivity index (χ2n) is 6.63. The second kappa shape index (κ2) is 8.73. The molecule has 27 heavy (non-hydrogen) atoms. The van der Waals surface area contributed by atoms with E-state index >= 15 is 0 Å². The van der Waals surface area contributed by atoms with E-state index in [0.29, 0.717) is 42.3 Å². The Hall–Kier alpha value is -1.41. The fourth-order valence-electron chi connectivity index (χ4n) is 3.15. The highest BCUT2D eigenvalue weighted by molar-refractivity contribution is 7.89. The first kappa shape index (κ1) is 20.3. The minimum atomic E-state index is -3.15. The molecule has 0 bridgehead atoms. The molecular weight excluding hydrogens is 404 g/mol. The lowest BCUT2D eigenvalue weighted by atomic mass is 10.1. The van der Waals surface area contributed by atoms with Gasteiger partial charge in [-0.05, 0) is 49.1 Å². The Bertz CT molecular complexity index is 886. The second-order valence-corrected chi connectivity index (χ2v) is 10.2. The molecule has 0 atom stereocenters. The van der Waals surface area contributed by atoms with Crippen molar-refractivity contribution in [3.05, 3.63) is 46.3 Å². The van der Waals surface area contributed by atoms with E-state index in [1.54, 1.807) is 4.31 Å². The average molecular weight is 427 g/mol. The number of amides is 1. The number of hydrogen-bond donors (Lipinski definition) is 1. The molecule has 1 saturated heterocycles. The third-order valence-corrected chi connectivity index (χ3v) is 8.06. The van der Waals surface area contributed by atoms with Crippen molar-refractivity contribution < 1.29 is 13.2 Å². The molecule has 8 heteroatoms. The van der Waals surface area contributed by atoms with E-state index in [0.717, 1.165) is 10.4 Å². The number of carbonyl (C=O) groups excluding carboxylic acids is 1. The summed E-state index contributed by atoms with van der Waals surface area (Å²) in [6, 6.07) is 11.3. The standard InChI is InChI=1S/C19H23ClN2O3S2/c1-2-13-27(24,25)22-11-9-16(10-12-22)21-19(23)18-8-7-17(26-18)14-3-5-15(20)6-4-14/h3-8,16H,2,9-13H2,1H3,(H,21,23).